The Bertz CT molecular complexity index is 1010. The summed E-state index contributed by atoms with van der Waals surface area (Å²) in [6, 6.07) is 11.2. The van der Waals surface area contributed by atoms with Crippen molar-refractivity contribution in [2.75, 3.05) is 6.61 Å². The van der Waals surface area contributed by atoms with Crippen molar-refractivity contribution in [2.24, 2.45) is 5.92 Å². The molecule has 0 saturated carbocycles. The summed E-state index contributed by atoms with van der Waals surface area (Å²) in [4.78, 5) is 16.8. The number of nitrogens with zero attached hydrogens (tertiary/aromatic N) is 1. The maximum atomic E-state index is 12.9. The van der Waals surface area contributed by atoms with Crippen LogP contribution in [0.15, 0.2) is 47.8 Å². The van der Waals surface area contributed by atoms with E-state index in [-0.39, 0.29) is 37.5 Å². The average Bonchev–Trinajstić information content (AvgIpc) is 3.19. The first-order valence-electron chi connectivity index (χ1n) is 8.96. The standard InChI is InChI=1S/C21H17ClFNO4S/c22-15-1-6-19-13(8-15)7-14(9-27-19)21(25)28-10-17-12-29-20(24-17)11-26-18-4-2-16(23)3-5-18/h1-6,8,12,14H,7,9-11H2. The molecule has 0 bridgehead atoms. The predicted molar refractivity (Wildman–Crippen MR) is 107 cm³/mol. The number of halogens is 2. The molecule has 5 nitrogen and oxygen atoms in total. The van der Waals surface area contributed by atoms with Gasteiger partial charge in [-0.3, -0.25) is 4.79 Å². The third-order valence-corrected chi connectivity index (χ3v) is 5.51. The number of ether oxygens (including phenoxy) is 3. The molecular formula is C21H17ClFNO4S. The van der Waals surface area contributed by atoms with Gasteiger partial charge in [0.1, 0.15) is 42.1 Å². The molecule has 0 saturated heterocycles. The summed E-state index contributed by atoms with van der Waals surface area (Å²) in [5, 5.41) is 3.17. The molecule has 1 aliphatic rings. The zero-order valence-electron chi connectivity index (χ0n) is 15.3. The van der Waals surface area contributed by atoms with Gasteiger partial charge in [-0.05, 0) is 54.4 Å². The van der Waals surface area contributed by atoms with E-state index in [2.05, 4.69) is 4.98 Å². The minimum atomic E-state index is -0.374. The molecule has 1 aliphatic heterocycles. The average molecular weight is 434 g/mol. The number of hydrogen-bond donors (Lipinski definition) is 0. The van der Waals surface area contributed by atoms with Gasteiger partial charge in [-0.2, -0.15) is 0 Å². The Morgan fingerprint density at radius 3 is 2.90 bits per heavy atom. The Morgan fingerprint density at radius 2 is 2.07 bits per heavy atom. The minimum absolute atomic E-state index is 0.0881. The lowest BCUT2D eigenvalue weighted by Crippen LogP contribution is -2.29. The summed E-state index contributed by atoms with van der Waals surface area (Å²) < 4.78 is 29.5. The van der Waals surface area contributed by atoms with Crippen LogP contribution in [0.25, 0.3) is 0 Å². The summed E-state index contributed by atoms with van der Waals surface area (Å²) in [5.74, 6) is 0.301. The van der Waals surface area contributed by atoms with Gasteiger partial charge < -0.3 is 14.2 Å². The number of benzene rings is 2. The Morgan fingerprint density at radius 1 is 1.24 bits per heavy atom. The van der Waals surface area contributed by atoms with Crippen molar-refractivity contribution >= 4 is 28.9 Å². The van der Waals surface area contributed by atoms with Crippen molar-refractivity contribution in [1.82, 2.24) is 4.98 Å². The largest absolute Gasteiger partial charge is 0.492 e. The quantitative estimate of drug-likeness (QED) is 0.522. The molecule has 2 aromatic carbocycles. The van der Waals surface area contributed by atoms with Crippen molar-refractivity contribution < 1.29 is 23.4 Å². The van der Waals surface area contributed by atoms with Crippen LogP contribution >= 0.6 is 22.9 Å². The van der Waals surface area contributed by atoms with Crippen LogP contribution in [-0.2, 0) is 29.2 Å². The van der Waals surface area contributed by atoms with Crippen molar-refractivity contribution in [1.29, 1.82) is 0 Å². The van der Waals surface area contributed by atoms with Crippen LogP contribution in [0.5, 0.6) is 11.5 Å². The molecule has 2 heterocycles. The van der Waals surface area contributed by atoms with E-state index in [4.69, 9.17) is 25.8 Å². The third kappa shape index (κ3) is 5.05. The first-order chi connectivity index (χ1) is 14.1. The zero-order chi connectivity index (χ0) is 20.2. The second-order valence-electron chi connectivity index (χ2n) is 6.55. The molecule has 0 fully saturated rings. The van der Waals surface area contributed by atoms with Crippen LogP contribution in [0.2, 0.25) is 5.02 Å². The van der Waals surface area contributed by atoms with Gasteiger partial charge in [-0.1, -0.05) is 11.6 Å². The molecule has 29 heavy (non-hydrogen) atoms. The van der Waals surface area contributed by atoms with E-state index in [1.807, 2.05) is 17.5 Å². The number of fused-ring (bicyclic) bond motifs is 1. The molecule has 4 rings (SSSR count). The lowest BCUT2D eigenvalue weighted by Gasteiger charge is -2.24. The Hall–Kier alpha value is -2.64. The smallest absolute Gasteiger partial charge is 0.313 e. The van der Waals surface area contributed by atoms with E-state index in [1.54, 1.807) is 18.2 Å². The third-order valence-electron chi connectivity index (χ3n) is 4.40. The van der Waals surface area contributed by atoms with Gasteiger partial charge in [0.2, 0.25) is 0 Å². The molecular weight excluding hydrogens is 417 g/mol. The van der Waals surface area contributed by atoms with Crippen LogP contribution in [-0.4, -0.2) is 17.6 Å². The number of aromatic nitrogens is 1. The monoisotopic (exact) mass is 433 g/mol. The van der Waals surface area contributed by atoms with Crippen molar-refractivity contribution in [3.8, 4) is 11.5 Å². The van der Waals surface area contributed by atoms with Crippen LogP contribution in [0.4, 0.5) is 4.39 Å². The van der Waals surface area contributed by atoms with Crippen molar-refractivity contribution in [2.45, 2.75) is 19.6 Å². The van der Waals surface area contributed by atoms with E-state index in [9.17, 15) is 9.18 Å². The second kappa shape index (κ2) is 8.80. The van der Waals surface area contributed by atoms with E-state index < -0.39 is 0 Å². The highest BCUT2D eigenvalue weighted by atomic mass is 35.5. The first kappa shape index (κ1) is 19.7. The normalized spacial score (nSPS) is 15.3. The predicted octanol–water partition coefficient (Wildman–Crippen LogP) is 4.81. The summed E-state index contributed by atoms with van der Waals surface area (Å²) in [5.41, 5.74) is 1.56. The number of thiazole rings is 1. The maximum absolute atomic E-state index is 12.9. The van der Waals surface area contributed by atoms with Crippen LogP contribution in [0, 0.1) is 11.7 Å². The summed E-state index contributed by atoms with van der Waals surface area (Å²) in [7, 11) is 0. The highest BCUT2D eigenvalue weighted by molar-refractivity contribution is 7.09. The Kier molecular flexibility index (Phi) is 5.97. The Balaban J connectivity index is 1.27. The summed E-state index contributed by atoms with van der Waals surface area (Å²) in [6.07, 6.45) is 0.530. The van der Waals surface area contributed by atoms with Crippen molar-refractivity contribution in [3.63, 3.8) is 0 Å². The van der Waals surface area contributed by atoms with Gasteiger partial charge >= 0.3 is 5.97 Å². The topological polar surface area (TPSA) is 57.7 Å². The molecule has 150 valence electrons. The fraction of sp³-hybridized carbons (Fsp3) is 0.238. The van der Waals surface area contributed by atoms with Gasteiger partial charge in [0.25, 0.3) is 0 Å². The number of carbonyl (C=O) groups is 1. The van der Waals surface area contributed by atoms with E-state index in [1.165, 1.54) is 23.5 Å². The number of esters is 1. The fourth-order valence-corrected chi connectivity index (χ4v) is 3.82. The molecule has 0 spiro atoms. The molecule has 0 amide bonds. The van der Waals surface area contributed by atoms with E-state index in [0.29, 0.717) is 22.9 Å². The lowest BCUT2D eigenvalue weighted by atomic mass is 9.97. The van der Waals surface area contributed by atoms with Crippen LogP contribution in [0.3, 0.4) is 0 Å². The van der Waals surface area contributed by atoms with Gasteiger partial charge in [-0.15, -0.1) is 11.3 Å². The fourth-order valence-electron chi connectivity index (χ4n) is 2.93. The molecule has 1 atom stereocenters. The molecule has 8 heteroatoms. The van der Waals surface area contributed by atoms with Gasteiger partial charge in [-0.25, -0.2) is 9.37 Å². The molecule has 3 aromatic rings. The maximum Gasteiger partial charge on any atom is 0.313 e. The molecule has 1 unspecified atom stereocenters. The number of hydrogen-bond acceptors (Lipinski definition) is 6. The second-order valence-corrected chi connectivity index (χ2v) is 7.93. The highest BCUT2D eigenvalue weighted by Gasteiger charge is 2.27. The molecule has 1 aromatic heterocycles. The zero-order valence-corrected chi connectivity index (χ0v) is 16.8. The molecule has 0 radical (unpaired) electrons. The van der Waals surface area contributed by atoms with Crippen LogP contribution in [0.1, 0.15) is 16.3 Å². The van der Waals surface area contributed by atoms with Gasteiger partial charge in [0, 0.05) is 10.4 Å². The highest BCUT2D eigenvalue weighted by Crippen LogP contribution is 2.30. The van der Waals surface area contributed by atoms with E-state index in [0.717, 1.165) is 16.3 Å². The summed E-state index contributed by atoms with van der Waals surface area (Å²) in [6.45, 7) is 0.629. The summed E-state index contributed by atoms with van der Waals surface area (Å²) >= 11 is 7.42. The molecule has 0 N–H and O–H groups in total. The number of carbonyl (C=O) groups excluding carboxylic acids is 1. The van der Waals surface area contributed by atoms with Crippen LogP contribution < -0.4 is 9.47 Å². The van der Waals surface area contributed by atoms with E-state index >= 15 is 0 Å². The lowest BCUT2D eigenvalue weighted by molar-refractivity contribution is -0.151. The number of rotatable bonds is 6. The minimum Gasteiger partial charge on any atom is -0.492 e. The van der Waals surface area contributed by atoms with Gasteiger partial charge in [0.15, 0.2) is 0 Å². The first-order valence-corrected chi connectivity index (χ1v) is 10.2. The molecule has 0 aliphatic carbocycles. The Labute approximate surface area is 176 Å². The van der Waals surface area contributed by atoms with Crippen molar-refractivity contribution in [3.05, 3.63) is 74.9 Å². The van der Waals surface area contributed by atoms with Gasteiger partial charge in [0.05, 0.1) is 11.6 Å². The SMILES string of the molecule is O=C(OCc1csc(COc2ccc(F)cc2)n1)C1COc2ccc(Cl)cc2C1.